The highest BCUT2D eigenvalue weighted by atomic mass is 16.5. The summed E-state index contributed by atoms with van der Waals surface area (Å²) in [7, 11) is 0. The van der Waals surface area contributed by atoms with Crippen LogP contribution >= 0.6 is 0 Å². The highest BCUT2D eigenvalue weighted by Crippen LogP contribution is 2.33. The Kier molecular flexibility index (Phi) is 6.55. The average Bonchev–Trinajstić information content (AvgIpc) is 2.80. The fourth-order valence-electron chi connectivity index (χ4n) is 4.03. The first-order valence-corrected chi connectivity index (χ1v) is 11.2. The number of nitrogens with two attached hydrogens (primary N) is 2. The zero-order chi connectivity index (χ0) is 23.4. The average molecular weight is 439 g/mol. The van der Waals surface area contributed by atoms with Gasteiger partial charge in [-0.1, -0.05) is 31.2 Å². The van der Waals surface area contributed by atoms with Crippen LogP contribution in [-0.2, 0) is 0 Å². The summed E-state index contributed by atoms with van der Waals surface area (Å²) in [5, 5.41) is 0. The van der Waals surface area contributed by atoms with Gasteiger partial charge in [-0.3, -0.25) is 0 Å². The Bertz CT molecular complexity index is 1130. The fraction of sp³-hybridized carbons (Fsp3) is 0.172. The van der Waals surface area contributed by atoms with E-state index in [-0.39, 0.29) is 0 Å². The summed E-state index contributed by atoms with van der Waals surface area (Å²) in [6, 6.07) is 28.0. The predicted molar refractivity (Wildman–Crippen MR) is 136 cm³/mol. The van der Waals surface area contributed by atoms with Gasteiger partial charge in [-0.25, -0.2) is 0 Å². The third-order valence-corrected chi connectivity index (χ3v) is 5.83. The number of anilines is 2. The zero-order valence-corrected chi connectivity index (χ0v) is 19.3. The lowest BCUT2D eigenvalue weighted by Crippen LogP contribution is -2.00. The molecule has 0 aliphatic heterocycles. The standard InChI is InChI=1S/C29H30N2O2/c1-4-27(21-5-11-25(12-6-21)32-28-15-9-23(30)17-19(28)2)22-7-13-26(14-8-22)33-29-16-10-24(31)18-20(29)3/h5-18,27H,4,30-31H2,1-3H3. The van der Waals surface area contributed by atoms with Crippen molar-refractivity contribution in [2.75, 3.05) is 11.5 Å². The maximum Gasteiger partial charge on any atom is 0.130 e. The van der Waals surface area contributed by atoms with Crippen LogP contribution in [0.15, 0.2) is 84.9 Å². The highest BCUT2D eigenvalue weighted by molar-refractivity contribution is 5.50. The van der Waals surface area contributed by atoms with Gasteiger partial charge < -0.3 is 20.9 Å². The van der Waals surface area contributed by atoms with Gasteiger partial charge in [-0.15, -0.1) is 0 Å². The van der Waals surface area contributed by atoms with Crippen molar-refractivity contribution in [1.29, 1.82) is 0 Å². The first kappa shape index (κ1) is 22.3. The summed E-state index contributed by atoms with van der Waals surface area (Å²) in [6.07, 6.45) is 0.995. The molecule has 0 amide bonds. The van der Waals surface area contributed by atoms with E-state index in [0.717, 1.165) is 51.9 Å². The Balaban J connectivity index is 1.47. The molecule has 4 nitrogen and oxygen atoms in total. The van der Waals surface area contributed by atoms with Crippen LogP contribution < -0.4 is 20.9 Å². The van der Waals surface area contributed by atoms with Crippen molar-refractivity contribution in [2.24, 2.45) is 0 Å². The quantitative estimate of drug-likeness (QED) is 0.292. The van der Waals surface area contributed by atoms with E-state index in [9.17, 15) is 0 Å². The Morgan fingerprint density at radius 1 is 0.606 bits per heavy atom. The normalized spacial score (nSPS) is 10.9. The Morgan fingerprint density at radius 2 is 1.00 bits per heavy atom. The van der Waals surface area contributed by atoms with Gasteiger partial charge in [0.15, 0.2) is 0 Å². The SMILES string of the molecule is CCC(c1ccc(Oc2ccc(N)cc2C)cc1)c1ccc(Oc2ccc(N)cc2C)cc1. The molecule has 0 saturated carbocycles. The molecular formula is C29H30N2O2. The van der Waals surface area contributed by atoms with Crippen LogP contribution in [0.2, 0.25) is 0 Å². The second kappa shape index (κ2) is 9.70. The first-order chi connectivity index (χ1) is 15.9. The second-order valence-electron chi connectivity index (χ2n) is 8.35. The van der Waals surface area contributed by atoms with Gasteiger partial charge in [0.25, 0.3) is 0 Å². The van der Waals surface area contributed by atoms with Gasteiger partial charge in [0.1, 0.15) is 23.0 Å². The fourth-order valence-corrected chi connectivity index (χ4v) is 4.03. The van der Waals surface area contributed by atoms with Gasteiger partial charge in [0, 0.05) is 17.3 Å². The predicted octanol–water partition coefficient (Wildman–Crippen LogP) is 7.59. The molecule has 0 saturated heterocycles. The smallest absolute Gasteiger partial charge is 0.130 e. The number of hydrogen-bond acceptors (Lipinski definition) is 4. The van der Waals surface area contributed by atoms with Crippen molar-refractivity contribution in [3.05, 3.63) is 107 Å². The third kappa shape index (κ3) is 5.29. The molecular weight excluding hydrogens is 408 g/mol. The minimum Gasteiger partial charge on any atom is -0.457 e. The van der Waals surface area contributed by atoms with Crippen molar-refractivity contribution in [2.45, 2.75) is 33.1 Å². The molecule has 0 aliphatic rings. The first-order valence-electron chi connectivity index (χ1n) is 11.2. The zero-order valence-electron chi connectivity index (χ0n) is 19.3. The molecule has 4 rings (SSSR count). The molecule has 0 aliphatic carbocycles. The summed E-state index contributed by atoms with van der Waals surface area (Å²) >= 11 is 0. The maximum absolute atomic E-state index is 6.05. The molecule has 0 heterocycles. The van der Waals surface area contributed by atoms with Crippen molar-refractivity contribution in [3.8, 4) is 23.0 Å². The van der Waals surface area contributed by atoms with Crippen LogP contribution in [0.1, 0.15) is 41.5 Å². The lowest BCUT2D eigenvalue weighted by atomic mass is 9.89. The summed E-state index contributed by atoms with van der Waals surface area (Å²) in [5.41, 5.74) is 17.7. The van der Waals surface area contributed by atoms with Crippen LogP contribution in [0.25, 0.3) is 0 Å². The molecule has 0 unspecified atom stereocenters. The summed E-state index contributed by atoms with van der Waals surface area (Å²) in [6.45, 7) is 6.19. The van der Waals surface area contributed by atoms with Crippen LogP contribution in [0.4, 0.5) is 11.4 Å². The minimum absolute atomic E-state index is 0.296. The molecule has 0 fully saturated rings. The third-order valence-electron chi connectivity index (χ3n) is 5.83. The maximum atomic E-state index is 6.05. The van der Waals surface area contributed by atoms with E-state index < -0.39 is 0 Å². The Hall–Kier alpha value is -3.92. The molecule has 0 atom stereocenters. The molecule has 4 aromatic rings. The Labute approximate surface area is 195 Å². The number of ether oxygens (including phenoxy) is 2. The van der Waals surface area contributed by atoms with E-state index >= 15 is 0 Å². The molecule has 168 valence electrons. The number of hydrogen-bond donors (Lipinski definition) is 2. The van der Waals surface area contributed by atoms with Crippen LogP contribution in [0.3, 0.4) is 0 Å². The largest absolute Gasteiger partial charge is 0.457 e. The van der Waals surface area contributed by atoms with Crippen LogP contribution in [0.5, 0.6) is 23.0 Å². The monoisotopic (exact) mass is 438 g/mol. The topological polar surface area (TPSA) is 70.5 Å². The molecule has 4 aromatic carbocycles. The molecule has 33 heavy (non-hydrogen) atoms. The van der Waals surface area contributed by atoms with Gasteiger partial charge in [0.05, 0.1) is 0 Å². The lowest BCUT2D eigenvalue weighted by Gasteiger charge is -2.18. The lowest BCUT2D eigenvalue weighted by molar-refractivity contribution is 0.478. The number of nitrogen functional groups attached to an aromatic ring is 2. The van der Waals surface area contributed by atoms with Crippen molar-refractivity contribution in [1.82, 2.24) is 0 Å². The number of benzene rings is 4. The van der Waals surface area contributed by atoms with Crippen LogP contribution in [0, 0.1) is 13.8 Å². The molecule has 4 N–H and O–H groups in total. The number of rotatable bonds is 7. The van der Waals surface area contributed by atoms with E-state index in [0.29, 0.717) is 5.92 Å². The molecule has 0 bridgehead atoms. The van der Waals surface area contributed by atoms with Crippen molar-refractivity contribution >= 4 is 11.4 Å². The van der Waals surface area contributed by atoms with Crippen LogP contribution in [-0.4, -0.2) is 0 Å². The molecule has 0 radical (unpaired) electrons. The summed E-state index contributed by atoms with van der Waals surface area (Å²) in [5.74, 6) is 3.55. The van der Waals surface area contributed by atoms with E-state index in [1.807, 2.05) is 74.5 Å². The van der Waals surface area contributed by atoms with Crippen molar-refractivity contribution < 1.29 is 9.47 Å². The summed E-state index contributed by atoms with van der Waals surface area (Å²) in [4.78, 5) is 0. The van der Waals surface area contributed by atoms with Gasteiger partial charge in [0.2, 0.25) is 0 Å². The molecule has 0 spiro atoms. The second-order valence-corrected chi connectivity index (χ2v) is 8.35. The highest BCUT2D eigenvalue weighted by Gasteiger charge is 2.13. The molecule has 0 aromatic heterocycles. The molecule has 4 heteroatoms. The number of aryl methyl sites for hydroxylation is 2. The minimum atomic E-state index is 0.296. The van der Waals surface area contributed by atoms with Gasteiger partial charge in [-0.2, -0.15) is 0 Å². The van der Waals surface area contributed by atoms with E-state index in [2.05, 4.69) is 31.2 Å². The van der Waals surface area contributed by atoms with Gasteiger partial charge >= 0.3 is 0 Å². The van der Waals surface area contributed by atoms with Gasteiger partial charge in [-0.05, 0) is 103 Å². The summed E-state index contributed by atoms with van der Waals surface area (Å²) < 4.78 is 12.1. The van der Waals surface area contributed by atoms with Crippen molar-refractivity contribution in [3.63, 3.8) is 0 Å². The van der Waals surface area contributed by atoms with E-state index in [1.165, 1.54) is 11.1 Å². The Morgan fingerprint density at radius 3 is 1.33 bits per heavy atom. The van der Waals surface area contributed by atoms with E-state index in [4.69, 9.17) is 20.9 Å². The van der Waals surface area contributed by atoms with E-state index in [1.54, 1.807) is 0 Å².